The first-order valence-corrected chi connectivity index (χ1v) is 7.30. The predicted octanol–water partition coefficient (Wildman–Crippen LogP) is 1.62. The van der Waals surface area contributed by atoms with Crippen molar-refractivity contribution in [2.24, 2.45) is 5.92 Å². The molecule has 2 aliphatic heterocycles. The fourth-order valence-corrected chi connectivity index (χ4v) is 3.21. The summed E-state index contributed by atoms with van der Waals surface area (Å²) in [6, 6.07) is 0. The molecule has 3 atom stereocenters. The zero-order chi connectivity index (χ0) is 13.0. The van der Waals surface area contributed by atoms with Crippen LogP contribution in [0.3, 0.4) is 0 Å². The molecule has 3 unspecified atom stereocenters. The minimum absolute atomic E-state index is 0.0749. The highest BCUT2D eigenvalue weighted by Crippen LogP contribution is 2.34. The summed E-state index contributed by atoms with van der Waals surface area (Å²) in [6.07, 6.45) is 4.30. The molecular weight excluding hydrogens is 230 g/mol. The number of aliphatic hydroxyl groups is 1. The number of rotatable bonds is 5. The molecule has 0 radical (unpaired) electrons. The highest BCUT2D eigenvalue weighted by atomic mass is 16.7. The van der Waals surface area contributed by atoms with Crippen molar-refractivity contribution in [1.29, 1.82) is 0 Å². The quantitative estimate of drug-likeness (QED) is 0.812. The Bertz CT molecular complexity index is 261. The average molecular weight is 257 g/mol. The molecule has 1 N–H and O–H groups in total. The smallest absolute Gasteiger partial charge is 0.166 e. The summed E-state index contributed by atoms with van der Waals surface area (Å²) in [7, 11) is 0. The second-order valence-electron chi connectivity index (χ2n) is 5.80. The lowest BCUT2D eigenvalue weighted by Gasteiger charge is -2.35. The van der Waals surface area contributed by atoms with Gasteiger partial charge in [0.25, 0.3) is 0 Å². The van der Waals surface area contributed by atoms with E-state index in [-0.39, 0.29) is 12.7 Å². The largest absolute Gasteiger partial charge is 0.396 e. The molecule has 0 aromatic rings. The minimum atomic E-state index is -0.429. The molecule has 0 aliphatic carbocycles. The van der Waals surface area contributed by atoms with E-state index in [4.69, 9.17) is 14.6 Å². The van der Waals surface area contributed by atoms with Gasteiger partial charge in [-0.1, -0.05) is 6.92 Å². The van der Waals surface area contributed by atoms with E-state index >= 15 is 0 Å². The van der Waals surface area contributed by atoms with Crippen LogP contribution in [0.15, 0.2) is 0 Å². The molecule has 0 aromatic carbocycles. The van der Waals surface area contributed by atoms with Gasteiger partial charge in [0.2, 0.25) is 0 Å². The SMILES string of the molecule is CCN1CCCC(CC2(C)OCC(CCO)O2)C1. The van der Waals surface area contributed by atoms with Crippen molar-refractivity contribution in [2.45, 2.75) is 51.4 Å². The maximum atomic E-state index is 8.94. The van der Waals surface area contributed by atoms with Crippen LogP contribution < -0.4 is 0 Å². The zero-order valence-electron chi connectivity index (χ0n) is 11.7. The number of ether oxygens (including phenoxy) is 2. The molecule has 2 fully saturated rings. The number of aliphatic hydroxyl groups excluding tert-OH is 1. The summed E-state index contributed by atoms with van der Waals surface area (Å²) in [5.74, 6) is 0.248. The van der Waals surface area contributed by atoms with E-state index in [2.05, 4.69) is 18.7 Å². The Morgan fingerprint density at radius 3 is 3.00 bits per heavy atom. The Balaban J connectivity index is 1.81. The van der Waals surface area contributed by atoms with E-state index in [1.54, 1.807) is 0 Å². The van der Waals surface area contributed by atoms with E-state index in [1.165, 1.54) is 25.9 Å². The lowest BCUT2D eigenvalue weighted by Crippen LogP contribution is -2.39. The number of piperidine rings is 1. The molecule has 0 spiro atoms. The maximum absolute atomic E-state index is 8.94. The Hall–Kier alpha value is -0.160. The lowest BCUT2D eigenvalue weighted by molar-refractivity contribution is -0.170. The molecule has 106 valence electrons. The molecule has 18 heavy (non-hydrogen) atoms. The van der Waals surface area contributed by atoms with E-state index < -0.39 is 5.79 Å². The summed E-state index contributed by atoms with van der Waals surface area (Å²) in [6.45, 7) is 8.63. The Morgan fingerprint density at radius 1 is 1.44 bits per heavy atom. The highest BCUT2D eigenvalue weighted by molar-refractivity contribution is 4.81. The van der Waals surface area contributed by atoms with Crippen LogP contribution in [-0.4, -0.2) is 54.7 Å². The molecule has 4 nitrogen and oxygen atoms in total. The van der Waals surface area contributed by atoms with E-state index in [1.807, 2.05) is 0 Å². The molecule has 2 rings (SSSR count). The number of likely N-dealkylation sites (tertiary alicyclic amines) is 1. The van der Waals surface area contributed by atoms with Crippen molar-refractivity contribution in [3.05, 3.63) is 0 Å². The normalized spacial score (nSPS) is 38.2. The number of hydrogen-bond donors (Lipinski definition) is 1. The summed E-state index contributed by atoms with van der Waals surface area (Å²) < 4.78 is 11.8. The number of nitrogens with zero attached hydrogens (tertiary/aromatic N) is 1. The van der Waals surface area contributed by atoms with Gasteiger partial charge in [-0.05, 0) is 45.2 Å². The van der Waals surface area contributed by atoms with Gasteiger partial charge in [0, 0.05) is 19.6 Å². The summed E-state index contributed by atoms with van der Waals surface area (Å²) in [4.78, 5) is 2.51. The van der Waals surface area contributed by atoms with Crippen LogP contribution in [0.4, 0.5) is 0 Å². The molecular formula is C14H27NO3. The molecule has 2 aliphatic rings. The molecule has 2 saturated heterocycles. The van der Waals surface area contributed by atoms with E-state index in [0.717, 1.165) is 13.0 Å². The van der Waals surface area contributed by atoms with Crippen molar-refractivity contribution >= 4 is 0 Å². The van der Waals surface area contributed by atoms with Gasteiger partial charge in [-0.25, -0.2) is 0 Å². The standard InChI is InChI=1S/C14H27NO3/c1-3-15-7-4-5-12(10-15)9-14(2)17-11-13(18-14)6-8-16/h12-13,16H,3-11H2,1-2H3. The molecule has 4 heteroatoms. The van der Waals surface area contributed by atoms with Crippen LogP contribution in [0.2, 0.25) is 0 Å². The van der Waals surface area contributed by atoms with Crippen LogP contribution in [0.1, 0.15) is 39.5 Å². The van der Waals surface area contributed by atoms with Gasteiger partial charge < -0.3 is 19.5 Å². The van der Waals surface area contributed by atoms with Crippen molar-refractivity contribution in [3.63, 3.8) is 0 Å². The maximum Gasteiger partial charge on any atom is 0.166 e. The Morgan fingerprint density at radius 2 is 2.28 bits per heavy atom. The first-order chi connectivity index (χ1) is 8.65. The molecule has 2 heterocycles. The van der Waals surface area contributed by atoms with Gasteiger partial charge in [-0.3, -0.25) is 0 Å². The fourth-order valence-electron chi connectivity index (χ4n) is 3.21. The van der Waals surface area contributed by atoms with Gasteiger partial charge in [-0.2, -0.15) is 0 Å². The summed E-state index contributed by atoms with van der Waals surface area (Å²) >= 11 is 0. The first-order valence-electron chi connectivity index (χ1n) is 7.30. The molecule has 0 amide bonds. The fraction of sp³-hybridized carbons (Fsp3) is 1.00. The van der Waals surface area contributed by atoms with Gasteiger partial charge in [0.1, 0.15) is 0 Å². The van der Waals surface area contributed by atoms with E-state index in [0.29, 0.717) is 18.9 Å². The van der Waals surface area contributed by atoms with Gasteiger partial charge >= 0.3 is 0 Å². The highest BCUT2D eigenvalue weighted by Gasteiger charge is 2.39. The lowest BCUT2D eigenvalue weighted by atomic mass is 9.91. The van der Waals surface area contributed by atoms with Crippen molar-refractivity contribution < 1.29 is 14.6 Å². The van der Waals surface area contributed by atoms with Crippen LogP contribution in [0.5, 0.6) is 0 Å². The monoisotopic (exact) mass is 257 g/mol. The number of hydrogen-bond acceptors (Lipinski definition) is 4. The molecule has 0 saturated carbocycles. The van der Waals surface area contributed by atoms with Gasteiger partial charge in [-0.15, -0.1) is 0 Å². The van der Waals surface area contributed by atoms with Gasteiger partial charge in [0.15, 0.2) is 5.79 Å². The minimum Gasteiger partial charge on any atom is -0.396 e. The molecule has 0 bridgehead atoms. The van der Waals surface area contributed by atoms with Crippen LogP contribution in [-0.2, 0) is 9.47 Å². The van der Waals surface area contributed by atoms with Crippen LogP contribution in [0, 0.1) is 5.92 Å². The van der Waals surface area contributed by atoms with E-state index in [9.17, 15) is 0 Å². The van der Waals surface area contributed by atoms with Gasteiger partial charge in [0.05, 0.1) is 12.7 Å². The second kappa shape index (κ2) is 6.33. The summed E-state index contributed by atoms with van der Waals surface area (Å²) in [5, 5.41) is 8.94. The van der Waals surface area contributed by atoms with Crippen molar-refractivity contribution in [1.82, 2.24) is 4.90 Å². The Kier molecular flexibility index (Phi) is 5.01. The third kappa shape index (κ3) is 3.67. The summed E-state index contributed by atoms with van der Waals surface area (Å²) in [5.41, 5.74) is 0. The predicted molar refractivity (Wildman–Crippen MR) is 70.4 cm³/mol. The van der Waals surface area contributed by atoms with Crippen LogP contribution >= 0.6 is 0 Å². The molecule has 0 aromatic heterocycles. The average Bonchev–Trinajstić information content (AvgIpc) is 2.71. The third-order valence-electron chi connectivity index (χ3n) is 4.15. The second-order valence-corrected chi connectivity index (χ2v) is 5.80. The third-order valence-corrected chi connectivity index (χ3v) is 4.15. The van der Waals surface area contributed by atoms with Crippen LogP contribution in [0.25, 0.3) is 0 Å². The first kappa shape index (κ1) is 14.3. The zero-order valence-corrected chi connectivity index (χ0v) is 11.7. The van der Waals surface area contributed by atoms with Crippen molar-refractivity contribution in [3.8, 4) is 0 Å². The van der Waals surface area contributed by atoms with Crippen molar-refractivity contribution in [2.75, 3.05) is 32.8 Å². The topological polar surface area (TPSA) is 41.9 Å². The Labute approximate surface area is 110 Å².